The lowest BCUT2D eigenvalue weighted by Gasteiger charge is -2.21. The Labute approximate surface area is 113 Å². The summed E-state index contributed by atoms with van der Waals surface area (Å²) < 4.78 is 0. The average molecular weight is 256 g/mol. The average Bonchev–Trinajstić information content (AvgIpc) is 3.07. The topological polar surface area (TPSA) is 36.1 Å². The van der Waals surface area contributed by atoms with Gasteiger partial charge in [-0.05, 0) is 30.9 Å². The van der Waals surface area contributed by atoms with Crippen molar-refractivity contribution in [2.24, 2.45) is 5.92 Å². The van der Waals surface area contributed by atoms with E-state index in [0.717, 1.165) is 23.0 Å². The third kappa shape index (κ3) is 2.37. The molecule has 0 atom stereocenters. The molecule has 1 N–H and O–H groups in total. The van der Waals surface area contributed by atoms with Crippen LogP contribution in [0.15, 0.2) is 30.5 Å². The van der Waals surface area contributed by atoms with E-state index in [-0.39, 0.29) is 5.91 Å². The Morgan fingerprint density at radius 3 is 2.89 bits per heavy atom. The number of aromatic amines is 1. The monoisotopic (exact) mass is 256 g/mol. The Kier molecular flexibility index (Phi) is 3.28. The number of carbonyl (C=O) groups is 1. The molecule has 3 nitrogen and oxygen atoms in total. The molecule has 3 rings (SSSR count). The van der Waals surface area contributed by atoms with Crippen molar-refractivity contribution in [2.45, 2.75) is 25.7 Å². The van der Waals surface area contributed by atoms with E-state index < -0.39 is 0 Å². The minimum Gasteiger partial charge on any atom is -0.361 e. The Balaban J connectivity index is 1.80. The SMILES string of the molecule is CN(CC1CCCC1)C(=O)c1cccc2cc[nH]c12. The molecule has 0 radical (unpaired) electrons. The Bertz CT molecular complexity index is 581. The highest BCUT2D eigenvalue weighted by Gasteiger charge is 2.21. The highest BCUT2D eigenvalue weighted by atomic mass is 16.2. The predicted octanol–water partition coefficient (Wildman–Crippen LogP) is 3.43. The number of H-pyrrole nitrogens is 1. The molecule has 1 fully saturated rings. The van der Waals surface area contributed by atoms with Crippen molar-refractivity contribution >= 4 is 16.8 Å². The lowest BCUT2D eigenvalue weighted by Crippen LogP contribution is -2.31. The summed E-state index contributed by atoms with van der Waals surface area (Å²) in [6.45, 7) is 0.885. The second kappa shape index (κ2) is 5.08. The molecule has 3 heteroatoms. The van der Waals surface area contributed by atoms with E-state index in [0.29, 0.717) is 5.92 Å². The van der Waals surface area contributed by atoms with Gasteiger partial charge in [-0.25, -0.2) is 0 Å². The smallest absolute Gasteiger partial charge is 0.255 e. The number of hydrogen-bond donors (Lipinski definition) is 1. The summed E-state index contributed by atoms with van der Waals surface area (Å²) in [4.78, 5) is 17.6. The zero-order valence-electron chi connectivity index (χ0n) is 11.4. The van der Waals surface area contributed by atoms with Gasteiger partial charge in [-0.3, -0.25) is 4.79 Å². The van der Waals surface area contributed by atoms with E-state index in [2.05, 4.69) is 4.98 Å². The van der Waals surface area contributed by atoms with Crippen LogP contribution in [-0.4, -0.2) is 29.4 Å². The molecule has 0 bridgehead atoms. The summed E-state index contributed by atoms with van der Waals surface area (Å²) in [6.07, 6.45) is 7.06. The highest BCUT2D eigenvalue weighted by molar-refractivity contribution is 6.05. The molecule has 1 aliphatic carbocycles. The van der Waals surface area contributed by atoms with Crippen molar-refractivity contribution < 1.29 is 4.79 Å². The third-order valence-corrected chi connectivity index (χ3v) is 4.17. The predicted molar refractivity (Wildman–Crippen MR) is 77.2 cm³/mol. The Morgan fingerprint density at radius 1 is 1.32 bits per heavy atom. The number of rotatable bonds is 3. The fourth-order valence-corrected chi connectivity index (χ4v) is 3.13. The van der Waals surface area contributed by atoms with Gasteiger partial charge in [0.2, 0.25) is 0 Å². The second-order valence-electron chi connectivity index (χ2n) is 5.58. The fraction of sp³-hybridized carbons (Fsp3) is 0.438. The summed E-state index contributed by atoms with van der Waals surface area (Å²) in [5, 5.41) is 1.10. The summed E-state index contributed by atoms with van der Waals surface area (Å²) in [5.41, 5.74) is 1.73. The number of amides is 1. The number of fused-ring (bicyclic) bond motifs is 1. The van der Waals surface area contributed by atoms with Crippen LogP contribution in [0.4, 0.5) is 0 Å². The number of aromatic nitrogens is 1. The standard InChI is InChI=1S/C16H20N2O/c1-18(11-12-5-2-3-6-12)16(19)14-8-4-7-13-9-10-17-15(13)14/h4,7-10,12,17H,2-3,5-6,11H2,1H3. The largest absolute Gasteiger partial charge is 0.361 e. The van der Waals surface area contributed by atoms with Crippen molar-refractivity contribution in [1.29, 1.82) is 0 Å². The maximum Gasteiger partial charge on any atom is 0.255 e. The van der Waals surface area contributed by atoms with E-state index in [1.54, 1.807) is 0 Å². The quantitative estimate of drug-likeness (QED) is 0.897. The zero-order valence-corrected chi connectivity index (χ0v) is 11.4. The molecular weight excluding hydrogens is 236 g/mol. The molecule has 100 valence electrons. The lowest BCUT2D eigenvalue weighted by molar-refractivity contribution is 0.0775. The number of para-hydroxylation sites is 1. The number of carbonyl (C=O) groups excluding carboxylic acids is 1. The van der Waals surface area contributed by atoms with Crippen molar-refractivity contribution in [3.8, 4) is 0 Å². The maximum atomic E-state index is 12.6. The Morgan fingerprint density at radius 2 is 2.11 bits per heavy atom. The Hall–Kier alpha value is -1.77. The molecule has 0 saturated heterocycles. The maximum absolute atomic E-state index is 12.6. The van der Waals surface area contributed by atoms with Crippen LogP contribution in [0, 0.1) is 5.92 Å². The van der Waals surface area contributed by atoms with Gasteiger partial charge in [-0.1, -0.05) is 25.0 Å². The minimum absolute atomic E-state index is 0.125. The lowest BCUT2D eigenvalue weighted by atomic mass is 10.1. The molecule has 19 heavy (non-hydrogen) atoms. The van der Waals surface area contributed by atoms with Crippen LogP contribution in [0.25, 0.3) is 10.9 Å². The van der Waals surface area contributed by atoms with Gasteiger partial charge in [-0.15, -0.1) is 0 Å². The normalized spacial score (nSPS) is 16.1. The van der Waals surface area contributed by atoms with Crippen LogP contribution >= 0.6 is 0 Å². The van der Waals surface area contributed by atoms with E-state index in [4.69, 9.17) is 0 Å². The van der Waals surface area contributed by atoms with Crippen LogP contribution in [0.2, 0.25) is 0 Å². The first-order chi connectivity index (χ1) is 9.25. The highest BCUT2D eigenvalue weighted by Crippen LogP contribution is 2.26. The third-order valence-electron chi connectivity index (χ3n) is 4.17. The summed E-state index contributed by atoms with van der Waals surface area (Å²) in [6, 6.07) is 7.89. The van der Waals surface area contributed by atoms with Crippen LogP contribution in [-0.2, 0) is 0 Å². The molecule has 1 amide bonds. The minimum atomic E-state index is 0.125. The fourth-order valence-electron chi connectivity index (χ4n) is 3.13. The van der Waals surface area contributed by atoms with Crippen LogP contribution in [0.5, 0.6) is 0 Å². The van der Waals surface area contributed by atoms with E-state index in [1.807, 2.05) is 42.4 Å². The molecule has 2 aromatic rings. The summed E-state index contributed by atoms with van der Waals surface area (Å²) in [5.74, 6) is 0.816. The van der Waals surface area contributed by atoms with Crippen molar-refractivity contribution in [3.63, 3.8) is 0 Å². The van der Waals surface area contributed by atoms with E-state index >= 15 is 0 Å². The molecule has 1 aliphatic rings. The number of hydrogen-bond acceptors (Lipinski definition) is 1. The molecule has 1 heterocycles. The van der Waals surface area contributed by atoms with Gasteiger partial charge < -0.3 is 9.88 Å². The van der Waals surface area contributed by atoms with Gasteiger partial charge in [-0.2, -0.15) is 0 Å². The van der Waals surface area contributed by atoms with Gasteiger partial charge in [0.25, 0.3) is 5.91 Å². The summed E-state index contributed by atoms with van der Waals surface area (Å²) >= 11 is 0. The van der Waals surface area contributed by atoms with Gasteiger partial charge in [0, 0.05) is 25.2 Å². The van der Waals surface area contributed by atoms with Crippen LogP contribution in [0.1, 0.15) is 36.0 Å². The first kappa shape index (κ1) is 12.3. The molecule has 1 saturated carbocycles. The molecular formula is C16H20N2O. The van der Waals surface area contributed by atoms with Crippen LogP contribution in [0.3, 0.4) is 0 Å². The van der Waals surface area contributed by atoms with Gasteiger partial charge in [0.05, 0.1) is 11.1 Å². The van der Waals surface area contributed by atoms with E-state index in [1.165, 1.54) is 25.7 Å². The van der Waals surface area contributed by atoms with E-state index in [9.17, 15) is 4.79 Å². The summed E-state index contributed by atoms with van der Waals surface area (Å²) in [7, 11) is 1.92. The van der Waals surface area contributed by atoms with Crippen molar-refractivity contribution in [1.82, 2.24) is 9.88 Å². The van der Waals surface area contributed by atoms with Crippen molar-refractivity contribution in [2.75, 3.05) is 13.6 Å². The second-order valence-corrected chi connectivity index (χ2v) is 5.58. The molecule has 0 unspecified atom stereocenters. The first-order valence-corrected chi connectivity index (χ1v) is 7.07. The molecule has 1 aromatic heterocycles. The number of benzene rings is 1. The van der Waals surface area contributed by atoms with Gasteiger partial charge >= 0.3 is 0 Å². The zero-order chi connectivity index (χ0) is 13.2. The number of nitrogens with zero attached hydrogens (tertiary/aromatic N) is 1. The first-order valence-electron chi connectivity index (χ1n) is 7.07. The molecule has 0 spiro atoms. The van der Waals surface area contributed by atoms with Gasteiger partial charge in [0.15, 0.2) is 0 Å². The van der Waals surface area contributed by atoms with Crippen LogP contribution < -0.4 is 0 Å². The number of nitrogens with one attached hydrogen (secondary N) is 1. The van der Waals surface area contributed by atoms with Gasteiger partial charge in [0.1, 0.15) is 0 Å². The van der Waals surface area contributed by atoms with Crippen molar-refractivity contribution in [3.05, 3.63) is 36.0 Å². The molecule has 0 aliphatic heterocycles. The molecule has 1 aromatic carbocycles.